The number of aryl methyl sites for hydroxylation is 2. The summed E-state index contributed by atoms with van der Waals surface area (Å²) in [5.41, 5.74) is 1.60. The first-order valence-electron chi connectivity index (χ1n) is 5.00. The molecule has 0 saturated heterocycles. The van der Waals surface area contributed by atoms with E-state index in [4.69, 9.17) is 0 Å². The van der Waals surface area contributed by atoms with Crippen molar-refractivity contribution in [3.8, 4) is 0 Å². The lowest BCUT2D eigenvalue weighted by molar-refractivity contribution is 0.215. The number of hydrogen-bond donors (Lipinski definition) is 1. The van der Waals surface area contributed by atoms with Crippen molar-refractivity contribution in [3.63, 3.8) is 0 Å². The maximum atomic E-state index is 13.3. The quantitative estimate of drug-likeness (QED) is 0.840. The summed E-state index contributed by atoms with van der Waals surface area (Å²) in [4.78, 5) is 4.03. The van der Waals surface area contributed by atoms with E-state index in [9.17, 15) is 9.50 Å². The molecule has 1 unspecified atom stereocenters. The van der Waals surface area contributed by atoms with Gasteiger partial charge in [-0.3, -0.25) is 0 Å². The summed E-state index contributed by atoms with van der Waals surface area (Å²) in [6, 6.07) is 4.70. The van der Waals surface area contributed by atoms with E-state index in [1.165, 1.54) is 6.07 Å². The highest BCUT2D eigenvalue weighted by Crippen LogP contribution is 2.21. The Balaban J connectivity index is 2.33. The van der Waals surface area contributed by atoms with Crippen LogP contribution in [0, 0.1) is 12.7 Å². The number of aromatic nitrogens is 2. The topological polar surface area (TPSA) is 38.0 Å². The van der Waals surface area contributed by atoms with E-state index in [1.54, 1.807) is 36.1 Å². The molecule has 0 amide bonds. The third-order valence-corrected chi connectivity index (χ3v) is 2.52. The number of hydrogen-bond acceptors (Lipinski definition) is 2. The molecule has 0 bridgehead atoms. The van der Waals surface area contributed by atoms with Crippen molar-refractivity contribution in [2.45, 2.75) is 13.0 Å². The number of rotatable bonds is 2. The van der Waals surface area contributed by atoms with Gasteiger partial charge in [0.15, 0.2) is 0 Å². The van der Waals surface area contributed by atoms with Crippen molar-refractivity contribution >= 4 is 0 Å². The molecule has 0 radical (unpaired) electrons. The van der Waals surface area contributed by atoms with Crippen molar-refractivity contribution in [2.24, 2.45) is 7.05 Å². The smallest absolute Gasteiger partial charge is 0.126 e. The first-order chi connectivity index (χ1) is 7.58. The maximum Gasteiger partial charge on any atom is 0.126 e. The fourth-order valence-corrected chi connectivity index (χ4v) is 1.52. The van der Waals surface area contributed by atoms with E-state index in [2.05, 4.69) is 4.98 Å². The summed E-state index contributed by atoms with van der Waals surface area (Å²) >= 11 is 0. The minimum Gasteiger partial charge on any atom is -0.382 e. The lowest BCUT2D eigenvalue weighted by atomic mass is 10.1. The van der Waals surface area contributed by atoms with Gasteiger partial charge >= 0.3 is 0 Å². The molecule has 0 fully saturated rings. The summed E-state index contributed by atoms with van der Waals surface area (Å²) in [5, 5.41) is 9.98. The Kier molecular flexibility index (Phi) is 2.75. The molecule has 3 nitrogen and oxygen atoms in total. The van der Waals surface area contributed by atoms with E-state index in [-0.39, 0.29) is 5.82 Å². The second kappa shape index (κ2) is 4.06. The van der Waals surface area contributed by atoms with Gasteiger partial charge in [0.25, 0.3) is 0 Å². The van der Waals surface area contributed by atoms with Gasteiger partial charge in [0.05, 0.1) is 12.0 Å². The Morgan fingerprint density at radius 1 is 1.44 bits per heavy atom. The van der Waals surface area contributed by atoms with Crippen LogP contribution in [0.1, 0.15) is 22.9 Å². The highest BCUT2D eigenvalue weighted by Gasteiger charge is 2.14. The summed E-state index contributed by atoms with van der Waals surface area (Å²) in [6.45, 7) is 1.69. The molecule has 1 aromatic carbocycles. The number of benzene rings is 1. The fourth-order valence-electron chi connectivity index (χ4n) is 1.52. The first-order valence-corrected chi connectivity index (χ1v) is 5.00. The molecule has 1 N–H and O–H groups in total. The maximum absolute atomic E-state index is 13.3. The monoisotopic (exact) mass is 220 g/mol. The third-order valence-electron chi connectivity index (χ3n) is 2.52. The molecule has 0 saturated carbocycles. The second-order valence-electron chi connectivity index (χ2n) is 3.88. The van der Waals surface area contributed by atoms with Crippen LogP contribution in [0.5, 0.6) is 0 Å². The van der Waals surface area contributed by atoms with Gasteiger partial charge in [-0.05, 0) is 24.1 Å². The van der Waals surface area contributed by atoms with Crippen LogP contribution >= 0.6 is 0 Å². The largest absolute Gasteiger partial charge is 0.382 e. The molecule has 2 rings (SSSR count). The van der Waals surface area contributed by atoms with Crippen LogP contribution in [0.3, 0.4) is 0 Å². The lowest BCUT2D eigenvalue weighted by Crippen LogP contribution is -2.01. The molecule has 0 aliphatic rings. The summed E-state index contributed by atoms with van der Waals surface area (Å²) in [7, 11) is 1.82. The zero-order valence-electron chi connectivity index (χ0n) is 9.18. The molecule has 0 aliphatic heterocycles. The van der Waals surface area contributed by atoms with Crippen LogP contribution in [0.2, 0.25) is 0 Å². The summed E-state index contributed by atoms with van der Waals surface area (Å²) < 4.78 is 15.1. The standard InChI is InChI=1S/C12H13FN2O/c1-8-3-4-9(5-10(8)13)12(16)11-6-15(2)7-14-11/h3-7,12,16H,1-2H3. The molecular formula is C12H13FN2O. The zero-order chi connectivity index (χ0) is 11.7. The normalized spacial score (nSPS) is 12.8. The summed E-state index contributed by atoms with van der Waals surface area (Å²) in [6.07, 6.45) is 2.43. The number of nitrogens with zero attached hydrogens (tertiary/aromatic N) is 2. The number of aliphatic hydroxyl groups excluding tert-OH is 1. The Morgan fingerprint density at radius 3 is 2.75 bits per heavy atom. The second-order valence-corrected chi connectivity index (χ2v) is 3.88. The molecule has 84 valence electrons. The van der Waals surface area contributed by atoms with Crippen LogP contribution < -0.4 is 0 Å². The van der Waals surface area contributed by atoms with E-state index in [0.717, 1.165) is 0 Å². The van der Waals surface area contributed by atoms with Gasteiger partial charge in [0.1, 0.15) is 11.9 Å². The van der Waals surface area contributed by atoms with Crippen molar-refractivity contribution in [3.05, 3.63) is 53.4 Å². The SMILES string of the molecule is Cc1ccc(C(O)c2cn(C)cn2)cc1F. The number of aliphatic hydroxyl groups is 1. The molecule has 1 aromatic heterocycles. The van der Waals surface area contributed by atoms with Gasteiger partial charge in [0, 0.05) is 13.2 Å². The van der Waals surface area contributed by atoms with Gasteiger partial charge in [0.2, 0.25) is 0 Å². The number of imidazole rings is 1. The van der Waals surface area contributed by atoms with Gasteiger partial charge in [-0.25, -0.2) is 9.37 Å². The van der Waals surface area contributed by atoms with E-state index < -0.39 is 6.10 Å². The molecule has 4 heteroatoms. The van der Waals surface area contributed by atoms with Gasteiger partial charge < -0.3 is 9.67 Å². The van der Waals surface area contributed by atoms with Crippen molar-refractivity contribution < 1.29 is 9.50 Å². The predicted octanol–water partition coefficient (Wildman–Crippen LogP) is 1.95. The minimum atomic E-state index is -0.878. The van der Waals surface area contributed by atoms with E-state index in [1.807, 2.05) is 7.05 Å². The molecule has 1 heterocycles. The molecule has 0 spiro atoms. The Bertz CT molecular complexity index is 507. The molecule has 1 atom stereocenters. The average Bonchev–Trinajstić information content (AvgIpc) is 2.68. The average molecular weight is 220 g/mol. The van der Waals surface area contributed by atoms with E-state index in [0.29, 0.717) is 16.8 Å². The first kappa shape index (κ1) is 10.8. The minimum absolute atomic E-state index is 0.313. The Morgan fingerprint density at radius 2 is 2.19 bits per heavy atom. The van der Waals surface area contributed by atoms with Crippen LogP contribution in [-0.2, 0) is 7.05 Å². The molecule has 16 heavy (non-hydrogen) atoms. The van der Waals surface area contributed by atoms with Gasteiger partial charge in [-0.2, -0.15) is 0 Å². The molecular weight excluding hydrogens is 207 g/mol. The van der Waals surface area contributed by atoms with E-state index >= 15 is 0 Å². The Hall–Kier alpha value is -1.68. The zero-order valence-corrected chi connectivity index (χ0v) is 9.18. The highest BCUT2D eigenvalue weighted by atomic mass is 19.1. The van der Waals surface area contributed by atoms with Crippen molar-refractivity contribution in [2.75, 3.05) is 0 Å². The fraction of sp³-hybridized carbons (Fsp3) is 0.250. The van der Waals surface area contributed by atoms with Crippen molar-refractivity contribution in [1.82, 2.24) is 9.55 Å². The van der Waals surface area contributed by atoms with Crippen LogP contribution in [0.4, 0.5) is 4.39 Å². The Labute approximate surface area is 93.2 Å². The molecule has 0 aliphatic carbocycles. The van der Waals surface area contributed by atoms with Crippen LogP contribution in [0.15, 0.2) is 30.7 Å². The predicted molar refractivity (Wildman–Crippen MR) is 58.4 cm³/mol. The third kappa shape index (κ3) is 1.97. The molecule has 2 aromatic rings. The lowest BCUT2D eigenvalue weighted by Gasteiger charge is -2.08. The highest BCUT2D eigenvalue weighted by molar-refractivity contribution is 5.29. The van der Waals surface area contributed by atoms with Gasteiger partial charge in [-0.15, -0.1) is 0 Å². The van der Waals surface area contributed by atoms with Crippen LogP contribution in [-0.4, -0.2) is 14.7 Å². The van der Waals surface area contributed by atoms with Gasteiger partial charge in [-0.1, -0.05) is 12.1 Å². The number of halogens is 1. The van der Waals surface area contributed by atoms with Crippen LogP contribution in [0.25, 0.3) is 0 Å². The summed E-state index contributed by atoms with van der Waals surface area (Å²) in [5.74, 6) is -0.313. The van der Waals surface area contributed by atoms with Crippen molar-refractivity contribution in [1.29, 1.82) is 0 Å².